The van der Waals surface area contributed by atoms with Crippen molar-refractivity contribution >= 4 is 0 Å². The highest BCUT2D eigenvalue weighted by molar-refractivity contribution is 4.83. The van der Waals surface area contributed by atoms with Crippen LogP contribution in [0.5, 0.6) is 0 Å². The smallest absolute Gasteiger partial charge is 0.0571 e. The van der Waals surface area contributed by atoms with E-state index in [4.69, 9.17) is 5.11 Å². The highest BCUT2D eigenvalue weighted by Crippen LogP contribution is 2.36. The maximum absolute atomic E-state index is 9.67. The van der Waals surface area contributed by atoms with Crippen molar-refractivity contribution in [3.63, 3.8) is 0 Å². The van der Waals surface area contributed by atoms with Crippen LogP contribution in [0, 0.1) is 17.8 Å². The summed E-state index contributed by atoms with van der Waals surface area (Å²) in [5.41, 5.74) is 0. The third kappa shape index (κ3) is 1.80. The van der Waals surface area contributed by atoms with Gasteiger partial charge in [0.15, 0.2) is 0 Å². The molecule has 2 heteroatoms. The average molecular weight is 172 g/mol. The minimum Gasteiger partial charge on any atom is -0.396 e. The van der Waals surface area contributed by atoms with Crippen LogP contribution in [0.2, 0.25) is 0 Å². The summed E-state index contributed by atoms with van der Waals surface area (Å²) >= 11 is 0. The lowest BCUT2D eigenvalue weighted by atomic mass is 9.71. The van der Waals surface area contributed by atoms with Crippen molar-refractivity contribution in [1.82, 2.24) is 0 Å². The minimum absolute atomic E-state index is 0.132. The molecule has 0 bridgehead atoms. The fraction of sp³-hybridized carbons (Fsp3) is 1.00. The van der Waals surface area contributed by atoms with Gasteiger partial charge in [0, 0.05) is 6.61 Å². The fourth-order valence-corrected chi connectivity index (χ4v) is 2.46. The summed E-state index contributed by atoms with van der Waals surface area (Å²) in [6.45, 7) is 4.55. The van der Waals surface area contributed by atoms with E-state index in [1.807, 2.05) is 0 Å². The normalized spacial score (nSPS) is 43.0. The maximum Gasteiger partial charge on any atom is 0.0571 e. The molecule has 2 nitrogen and oxygen atoms in total. The minimum atomic E-state index is -0.132. The van der Waals surface area contributed by atoms with Crippen molar-refractivity contribution in [3.8, 4) is 0 Å². The predicted molar refractivity (Wildman–Crippen MR) is 48.8 cm³/mol. The Balaban J connectivity index is 2.56. The van der Waals surface area contributed by atoms with Crippen molar-refractivity contribution in [1.29, 1.82) is 0 Å². The fourth-order valence-electron chi connectivity index (χ4n) is 2.46. The zero-order valence-electron chi connectivity index (χ0n) is 8.03. The van der Waals surface area contributed by atoms with Crippen LogP contribution in [0.1, 0.15) is 33.1 Å². The Morgan fingerprint density at radius 1 is 1.33 bits per heavy atom. The molecule has 0 aromatic heterocycles. The summed E-state index contributed by atoms with van der Waals surface area (Å²) in [5, 5.41) is 18.8. The quantitative estimate of drug-likeness (QED) is 0.661. The molecule has 1 rings (SSSR count). The molecule has 12 heavy (non-hydrogen) atoms. The van der Waals surface area contributed by atoms with Crippen LogP contribution in [0.3, 0.4) is 0 Å². The third-order valence-electron chi connectivity index (χ3n) is 3.45. The van der Waals surface area contributed by atoms with Crippen LogP contribution < -0.4 is 0 Å². The maximum atomic E-state index is 9.67. The molecule has 1 aliphatic carbocycles. The average Bonchev–Trinajstić information content (AvgIpc) is 2.06. The first kappa shape index (κ1) is 10.0. The summed E-state index contributed by atoms with van der Waals surface area (Å²) in [7, 11) is 0. The molecule has 0 saturated heterocycles. The van der Waals surface area contributed by atoms with Crippen molar-refractivity contribution in [2.45, 2.75) is 39.2 Å². The standard InChI is InChI=1S/C10H20O2/c1-3-9-7(2)8(6-11)4-5-10(9)12/h7-12H,3-6H2,1-2H3. The van der Waals surface area contributed by atoms with E-state index in [0.29, 0.717) is 17.8 Å². The van der Waals surface area contributed by atoms with Crippen molar-refractivity contribution < 1.29 is 10.2 Å². The molecule has 0 spiro atoms. The molecule has 4 unspecified atom stereocenters. The van der Waals surface area contributed by atoms with Gasteiger partial charge in [-0.2, -0.15) is 0 Å². The largest absolute Gasteiger partial charge is 0.396 e. The first-order valence-electron chi connectivity index (χ1n) is 4.99. The van der Waals surface area contributed by atoms with Crippen molar-refractivity contribution in [2.24, 2.45) is 17.8 Å². The summed E-state index contributed by atoms with van der Waals surface area (Å²) in [6, 6.07) is 0. The second-order valence-electron chi connectivity index (χ2n) is 4.02. The van der Waals surface area contributed by atoms with Gasteiger partial charge in [0.05, 0.1) is 6.10 Å². The Morgan fingerprint density at radius 2 is 2.00 bits per heavy atom. The molecule has 0 aromatic carbocycles. The second-order valence-corrected chi connectivity index (χ2v) is 4.02. The van der Waals surface area contributed by atoms with Gasteiger partial charge in [0.25, 0.3) is 0 Å². The highest BCUT2D eigenvalue weighted by Gasteiger charge is 2.33. The van der Waals surface area contributed by atoms with E-state index in [0.717, 1.165) is 19.3 Å². The lowest BCUT2D eigenvalue weighted by molar-refractivity contribution is -0.00885. The summed E-state index contributed by atoms with van der Waals surface area (Å²) in [4.78, 5) is 0. The Hall–Kier alpha value is -0.0800. The van der Waals surface area contributed by atoms with Gasteiger partial charge in [-0.3, -0.25) is 0 Å². The second kappa shape index (κ2) is 4.24. The van der Waals surface area contributed by atoms with E-state index >= 15 is 0 Å². The van der Waals surface area contributed by atoms with E-state index in [1.165, 1.54) is 0 Å². The zero-order chi connectivity index (χ0) is 9.14. The van der Waals surface area contributed by atoms with E-state index in [9.17, 15) is 5.11 Å². The van der Waals surface area contributed by atoms with E-state index < -0.39 is 0 Å². The number of hydrogen-bond donors (Lipinski definition) is 2. The molecule has 1 aliphatic rings. The highest BCUT2D eigenvalue weighted by atomic mass is 16.3. The first-order chi connectivity index (χ1) is 5.70. The number of rotatable bonds is 2. The predicted octanol–water partition coefficient (Wildman–Crippen LogP) is 1.41. The van der Waals surface area contributed by atoms with Crippen LogP contribution >= 0.6 is 0 Å². The number of aliphatic hydroxyl groups excluding tert-OH is 2. The Labute approximate surface area is 74.6 Å². The van der Waals surface area contributed by atoms with Crippen LogP contribution in [-0.4, -0.2) is 22.9 Å². The molecule has 0 heterocycles. The molecule has 0 aliphatic heterocycles. The zero-order valence-corrected chi connectivity index (χ0v) is 8.03. The van der Waals surface area contributed by atoms with Crippen LogP contribution in [0.15, 0.2) is 0 Å². The molecular weight excluding hydrogens is 152 g/mol. The summed E-state index contributed by atoms with van der Waals surface area (Å²) in [6.07, 6.45) is 2.75. The molecule has 2 N–H and O–H groups in total. The SMILES string of the molecule is CCC1C(O)CCC(CO)C1C. The monoisotopic (exact) mass is 172 g/mol. The van der Waals surface area contributed by atoms with E-state index in [2.05, 4.69) is 13.8 Å². The van der Waals surface area contributed by atoms with E-state index in [1.54, 1.807) is 0 Å². The summed E-state index contributed by atoms with van der Waals surface area (Å²) in [5.74, 6) is 1.29. The van der Waals surface area contributed by atoms with Gasteiger partial charge in [-0.05, 0) is 30.6 Å². The molecule has 0 amide bonds. The molecule has 72 valence electrons. The molecule has 4 atom stereocenters. The molecule has 1 fully saturated rings. The molecule has 0 aromatic rings. The Bertz CT molecular complexity index is 136. The lowest BCUT2D eigenvalue weighted by Crippen LogP contribution is -2.37. The third-order valence-corrected chi connectivity index (χ3v) is 3.45. The topological polar surface area (TPSA) is 40.5 Å². The van der Waals surface area contributed by atoms with Gasteiger partial charge >= 0.3 is 0 Å². The Morgan fingerprint density at radius 3 is 2.50 bits per heavy atom. The summed E-state index contributed by atoms with van der Waals surface area (Å²) < 4.78 is 0. The number of hydrogen-bond acceptors (Lipinski definition) is 2. The van der Waals surface area contributed by atoms with Crippen LogP contribution in [0.4, 0.5) is 0 Å². The first-order valence-corrected chi connectivity index (χ1v) is 4.99. The van der Waals surface area contributed by atoms with Gasteiger partial charge in [0.2, 0.25) is 0 Å². The Kier molecular flexibility index (Phi) is 3.53. The van der Waals surface area contributed by atoms with Crippen LogP contribution in [-0.2, 0) is 0 Å². The molecular formula is C10H20O2. The lowest BCUT2D eigenvalue weighted by Gasteiger charge is -2.38. The molecule has 1 saturated carbocycles. The van der Waals surface area contributed by atoms with Gasteiger partial charge in [-0.1, -0.05) is 20.3 Å². The van der Waals surface area contributed by atoms with Gasteiger partial charge in [-0.25, -0.2) is 0 Å². The van der Waals surface area contributed by atoms with Crippen molar-refractivity contribution in [3.05, 3.63) is 0 Å². The van der Waals surface area contributed by atoms with Crippen LogP contribution in [0.25, 0.3) is 0 Å². The molecule has 0 radical (unpaired) electrons. The van der Waals surface area contributed by atoms with E-state index in [-0.39, 0.29) is 12.7 Å². The van der Waals surface area contributed by atoms with Gasteiger partial charge in [-0.15, -0.1) is 0 Å². The number of aliphatic hydroxyl groups is 2. The van der Waals surface area contributed by atoms with Gasteiger partial charge in [0.1, 0.15) is 0 Å². The van der Waals surface area contributed by atoms with Crippen molar-refractivity contribution in [2.75, 3.05) is 6.61 Å². The van der Waals surface area contributed by atoms with Gasteiger partial charge < -0.3 is 10.2 Å².